The van der Waals surface area contributed by atoms with Crippen LogP contribution in [0.3, 0.4) is 0 Å². The van der Waals surface area contributed by atoms with Gasteiger partial charge >= 0.3 is 0 Å². The van der Waals surface area contributed by atoms with Gasteiger partial charge in [0.15, 0.2) is 0 Å². The highest BCUT2D eigenvalue weighted by Gasteiger charge is 2.36. The van der Waals surface area contributed by atoms with Gasteiger partial charge in [0.1, 0.15) is 0 Å². The lowest BCUT2D eigenvalue weighted by Gasteiger charge is -2.37. The molecule has 1 aliphatic heterocycles. The molecule has 0 aromatic carbocycles. The van der Waals surface area contributed by atoms with Gasteiger partial charge in [-0.15, -0.1) is 0 Å². The molecular weight excluding hydrogens is 330 g/mol. The summed E-state index contributed by atoms with van der Waals surface area (Å²) in [7, 11) is 0. The van der Waals surface area contributed by atoms with Gasteiger partial charge in [-0.25, -0.2) is 0 Å². The first-order valence-corrected chi connectivity index (χ1v) is 8.96. The molecule has 118 valence electrons. The molecule has 1 aromatic rings. The second-order valence-electron chi connectivity index (χ2n) is 6.65. The summed E-state index contributed by atoms with van der Waals surface area (Å²) in [5.41, 5.74) is 2.65. The van der Waals surface area contributed by atoms with Gasteiger partial charge in [-0.2, -0.15) is 5.10 Å². The maximum atomic E-state index is 5.85. The predicted octanol–water partition coefficient (Wildman–Crippen LogP) is 3.07. The predicted molar refractivity (Wildman–Crippen MR) is 87.6 cm³/mol. The number of halogens is 1. The number of rotatable bonds is 6. The van der Waals surface area contributed by atoms with Crippen LogP contribution in [0.4, 0.5) is 0 Å². The highest BCUT2D eigenvalue weighted by atomic mass is 79.9. The van der Waals surface area contributed by atoms with Crippen molar-refractivity contribution < 1.29 is 4.74 Å². The highest BCUT2D eigenvalue weighted by Crippen LogP contribution is 2.36. The van der Waals surface area contributed by atoms with Crippen molar-refractivity contribution >= 4 is 15.9 Å². The molecule has 4 nitrogen and oxygen atoms in total. The monoisotopic (exact) mass is 355 g/mol. The Labute approximate surface area is 135 Å². The fraction of sp³-hybridized carbons (Fsp3) is 0.812. The van der Waals surface area contributed by atoms with Crippen molar-refractivity contribution in [2.24, 2.45) is 5.41 Å². The van der Waals surface area contributed by atoms with Crippen LogP contribution in [0.25, 0.3) is 0 Å². The van der Waals surface area contributed by atoms with E-state index in [1.54, 1.807) is 0 Å². The number of aryl methyl sites for hydroxylation is 2. The molecular formula is C16H26BrN3O. The topological polar surface area (TPSA) is 39.1 Å². The van der Waals surface area contributed by atoms with E-state index in [1.165, 1.54) is 35.8 Å². The molecule has 1 atom stereocenters. The second-order valence-corrected chi connectivity index (χ2v) is 7.44. The van der Waals surface area contributed by atoms with Crippen molar-refractivity contribution in [1.29, 1.82) is 0 Å². The number of aromatic nitrogens is 2. The third-order valence-electron chi connectivity index (χ3n) is 4.74. The molecule has 0 amide bonds. The smallest absolute Gasteiger partial charge is 0.0738 e. The zero-order valence-electron chi connectivity index (χ0n) is 13.1. The molecule has 21 heavy (non-hydrogen) atoms. The Hall–Kier alpha value is -0.390. The Morgan fingerprint density at radius 2 is 2.29 bits per heavy atom. The number of ether oxygens (including phenoxy) is 1. The van der Waals surface area contributed by atoms with Gasteiger partial charge in [0.25, 0.3) is 0 Å². The van der Waals surface area contributed by atoms with E-state index in [2.05, 4.69) is 44.9 Å². The van der Waals surface area contributed by atoms with Crippen LogP contribution < -0.4 is 5.32 Å². The molecule has 2 fully saturated rings. The Balaban J connectivity index is 1.79. The van der Waals surface area contributed by atoms with E-state index in [0.29, 0.717) is 0 Å². The zero-order valence-corrected chi connectivity index (χ0v) is 14.7. The van der Waals surface area contributed by atoms with Gasteiger partial charge in [0, 0.05) is 31.2 Å². The van der Waals surface area contributed by atoms with Crippen LogP contribution in [-0.4, -0.2) is 35.6 Å². The average molecular weight is 356 g/mol. The van der Waals surface area contributed by atoms with Crippen molar-refractivity contribution in [3.05, 3.63) is 15.9 Å². The highest BCUT2D eigenvalue weighted by molar-refractivity contribution is 9.10. The van der Waals surface area contributed by atoms with Crippen LogP contribution in [0.2, 0.25) is 0 Å². The minimum Gasteiger partial charge on any atom is -0.381 e. The molecule has 5 heteroatoms. The van der Waals surface area contributed by atoms with Gasteiger partial charge in [0.2, 0.25) is 0 Å². The average Bonchev–Trinajstić information content (AvgIpc) is 3.29. The molecule has 2 heterocycles. The molecule has 1 saturated heterocycles. The van der Waals surface area contributed by atoms with Gasteiger partial charge in [-0.1, -0.05) is 0 Å². The number of hydrogen-bond acceptors (Lipinski definition) is 3. The lowest BCUT2D eigenvalue weighted by atomic mass is 9.78. The summed E-state index contributed by atoms with van der Waals surface area (Å²) in [6, 6.07) is 0.755. The van der Waals surface area contributed by atoms with Gasteiger partial charge < -0.3 is 10.1 Å². The summed E-state index contributed by atoms with van der Waals surface area (Å²) < 4.78 is 9.17. The molecule has 1 N–H and O–H groups in total. The van der Waals surface area contributed by atoms with Gasteiger partial charge in [-0.05, 0) is 61.9 Å². The van der Waals surface area contributed by atoms with Gasteiger partial charge in [0.05, 0.1) is 22.5 Å². The fourth-order valence-corrected chi connectivity index (χ4v) is 3.72. The number of nitrogens with zero attached hydrogens (tertiary/aromatic N) is 2. The van der Waals surface area contributed by atoms with Crippen molar-refractivity contribution in [3.63, 3.8) is 0 Å². The Kier molecular flexibility index (Phi) is 4.71. The van der Waals surface area contributed by atoms with Crippen molar-refractivity contribution in [1.82, 2.24) is 15.1 Å². The molecule has 1 aromatic heterocycles. The first kappa shape index (κ1) is 15.5. The molecule has 0 radical (unpaired) electrons. The summed E-state index contributed by atoms with van der Waals surface area (Å²) in [6.45, 7) is 8.01. The van der Waals surface area contributed by atoms with Crippen LogP contribution in [0.1, 0.15) is 44.0 Å². The summed E-state index contributed by atoms with van der Waals surface area (Å²) in [5, 5.41) is 8.37. The largest absolute Gasteiger partial charge is 0.381 e. The van der Waals surface area contributed by atoms with E-state index in [0.717, 1.165) is 44.5 Å². The molecule has 1 unspecified atom stereocenters. The molecule has 1 saturated carbocycles. The van der Waals surface area contributed by atoms with E-state index in [9.17, 15) is 0 Å². The third-order valence-corrected chi connectivity index (χ3v) is 5.77. The van der Waals surface area contributed by atoms with Crippen molar-refractivity contribution in [2.45, 2.75) is 58.5 Å². The minimum atomic E-state index is 0.225. The van der Waals surface area contributed by atoms with Crippen LogP contribution in [0.15, 0.2) is 4.47 Å². The molecule has 2 aliphatic rings. The first-order valence-electron chi connectivity index (χ1n) is 8.16. The maximum absolute atomic E-state index is 5.85. The van der Waals surface area contributed by atoms with E-state index >= 15 is 0 Å². The third kappa shape index (κ3) is 3.51. The summed E-state index contributed by atoms with van der Waals surface area (Å²) >= 11 is 3.74. The van der Waals surface area contributed by atoms with Crippen molar-refractivity contribution in [3.8, 4) is 0 Å². The van der Waals surface area contributed by atoms with Crippen LogP contribution in [-0.2, 0) is 17.7 Å². The Morgan fingerprint density at radius 1 is 1.48 bits per heavy atom. The van der Waals surface area contributed by atoms with E-state index in [1.807, 2.05) is 0 Å². The zero-order chi connectivity index (χ0) is 14.9. The quantitative estimate of drug-likeness (QED) is 0.852. The fourth-order valence-electron chi connectivity index (χ4n) is 3.29. The van der Waals surface area contributed by atoms with Crippen LogP contribution in [0, 0.1) is 12.3 Å². The Morgan fingerprint density at radius 3 is 2.90 bits per heavy atom. The summed E-state index contributed by atoms with van der Waals surface area (Å²) in [4.78, 5) is 0. The second kappa shape index (κ2) is 6.39. The number of nitrogens with one attached hydrogen (secondary N) is 1. The van der Waals surface area contributed by atoms with Crippen molar-refractivity contribution in [2.75, 3.05) is 19.8 Å². The lowest BCUT2D eigenvalue weighted by molar-refractivity contribution is -0.00841. The van der Waals surface area contributed by atoms with E-state index in [-0.39, 0.29) is 5.41 Å². The molecule has 3 rings (SSSR count). The summed E-state index contributed by atoms with van der Waals surface area (Å²) in [5.74, 6) is 0. The molecule has 0 bridgehead atoms. The standard InChI is InChI=1S/C16H26BrN3O/c1-3-20-14(15(17)12(2)19-20)9-16(7-4-8-21-11-16)10-18-13-5-6-13/h13,18H,3-11H2,1-2H3. The Bertz CT molecular complexity index is 490. The van der Waals surface area contributed by atoms with E-state index in [4.69, 9.17) is 4.74 Å². The number of hydrogen-bond donors (Lipinski definition) is 1. The normalized spacial score (nSPS) is 26.2. The lowest BCUT2D eigenvalue weighted by Crippen LogP contribution is -2.43. The minimum absolute atomic E-state index is 0.225. The van der Waals surface area contributed by atoms with Gasteiger partial charge in [-0.3, -0.25) is 4.68 Å². The van der Waals surface area contributed by atoms with Crippen LogP contribution in [0.5, 0.6) is 0 Å². The van der Waals surface area contributed by atoms with E-state index < -0.39 is 0 Å². The molecule has 0 spiro atoms. The molecule has 1 aliphatic carbocycles. The van der Waals surface area contributed by atoms with Crippen LogP contribution >= 0.6 is 15.9 Å². The first-order chi connectivity index (χ1) is 10.1. The SMILES string of the molecule is CCn1nc(C)c(Br)c1CC1(CNC2CC2)CCCOC1. The summed E-state index contributed by atoms with van der Waals surface area (Å²) in [6.07, 6.45) is 6.14. The maximum Gasteiger partial charge on any atom is 0.0738 e.